The normalized spacial score (nSPS) is 24.7. The fourth-order valence-corrected chi connectivity index (χ4v) is 5.52. The second-order valence-corrected chi connectivity index (χ2v) is 8.79. The summed E-state index contributed by atoms with van der Waals surface area (Å²) in [6.07, 6.45) is 5.13. The van der Waals surface area contributed by atoms with E-state index in [-0.39, 0.29) is 23.2 Å². The maximum Gasteiger partial charge on any atom is 0.240 e. The average Bonchev–Trinajstić information content (AvgIpc) is 3.55. The van der Waals surface area contributed by atoms with Crippen LogP contribution in [-0.2, 0) is 9.59 Å². The third-order valence-electron chi connectivity index (χ3n) is 7.03. The fourth-order valence-electron chi connectivity index (χ4n) is 5.52. The third-order valence-corrected chi connectivity index (χ3v) is 7.03. The van der Waals surface area contributed by atoms with Crippen LogP contribution in [0.2, 0.25) is 0 Å². The van der Waals surface area contributed by atoms with Crippen LogP contribution in [0.15, 0.2) is 77.5 Å². The molecule has 6 rings (SSSR count). The Labute approximate surface area is 195 Å². The summed E-state index contributed by atoms with van der Waals surface area (Å²) < 4.78 is 5.37. The molecule has 7 nitrogen and oxygen atoms in total. The van der Waals surface area contributed by atoms with Gasteiger partial charge in [-0.1, -0.05) is 24.3 Å². The van der Waals surface area contributed by atoms with Crippen LogP contribution in [0.5, 0.6) is 0 Å². The smallest absolute Gasteiger partial charge is 0.240 e. The average molecular weight is 452 g/mol. The van der Waals surface area contributed by atoms with Gasteiger partial charge in [0.25, 0.3) is 0 Å². The van der Waals surface area contributed by atoms with E-state index in [4.69, 9.17) is 4.42 Å². The Morgan fingerprint density at radius 1 is 0.882 bits per heavy atom. The van der Waals surface area contributed by atoms with Crippen LogP contribution in [-0.4, -0.2) is 34.3 Å². The summed E-state index contributed by atoms with van der Waals surface area (Å²) >= 11 is 0. The van der Waals surface area contributed by atoms with Crippen LogP contribution in [0.3, 0.4) is 0 Å². The topological polar surface area (TPSA) is 87.9 Å². The molecule has 3 aliphatic heterocycles. The van der Waals surface area contributed by atoms with Crippen molar-refractivity contribution in [2.75, 3.05) is 4.90 Å². The Bertz CT molecular complexity index is 1370. The quantitative estimate of drug-likeness (QED) is 0.441. The van der Waals surface area contributed by atoms with Crippen molar-refractivity contribution in [1.82, 2.24) is 4.90 Å². The minimum atomic E-state index is -0.872. The molecule has 1 aromatic heterocycles. The van der Waals surface area contributed by atoms with Gasteiger partial charge in [0.15, 0.2) is 11.5 Å². The number of ketones is 2. The molecule has 4 heterocycles. The Balaban J connectivity index is 1.47. The summed E-state index contributed by atoms with van der Waals surface area (Å²) in [5.74, 6) is -2.64. The van der Waals surface area contributed by atoms with E-state index in [0.717, 1.165) is 11.1 Å². The predicted octanol–water partition coefficient (Wildman–Crippen LogP) is 3.88. The molecule has 0 unspecified atom stereocenters. The number of nitrogens with zero attached hydrogens (tertiary/aromatic N) is 2. The molecule has 2 saturated heterocycles. The van der Waals surface area contributed by atoms with E-state index < -0.39 is 29.8 Å². The molecule has 0 N–H and O–H groups in total. The lowest BCUT2D eigenvalue weighted by Crippen LogP contribution is -2.44. The zero-order chi connectivity index (χ0) is 23.6. The second-order valence-electron chi connectivity index (χ2n) is 8.79. The predicted molar refractivity (Wildman–Crippen MR) is 123 cm³/mol. The first-order valence-corrected chi connectivity index (χ1v) is 11.1. The van der Waals surface area contributed by atoms with E-state index in [0.29, 0.717) is 11.3 Å². The monoisotopic (exact) mass is 452 g/mol. The summed E-state index contributed by atoms with van der Waals surface area (Å²) in [6, 6.07) is 16.0. The molecule has 0 spiro atoms. The highest BCUT2D eigenvalue weighted by Crippen LogP contribution is 2.53. The molecule has 4 atom stereocenters. The maximum absolute atomic E-state index is 13.8. The van der Waals surface area contributed by atoms with Crippen molar-refractivity contribution < 1.29 is 23.6 Å². The molecule has 3 aromatic rings. The number of carbonyl (C=O) groups excluding carboxylic acids is 4. The number of hydrogen-bond acceptors (Lipinski definition) is 6. The van der Waals surface area contributed by atoms with E-state index in [9.17, 15) is 19.2 Å². The van der Waals surface area contributed by atoms with Gasteiger partial charge < -0.3 is 9.32 Å². The molecular weight excluding hydrogens is 432 g/mol. The van der Waals surface area contributed by atoms with E-state index in [2.05, 4.69) is 0 Å². The third kappa shape index (κ3) is 2.76. The van der Waals surface area contributed by atoms with Crippen molar-refractivity contribution in [2.45, 2.75) is 19.0 Å². The lowest BCUT2D eigenvalue weighted by atomic mass is 9.84. The number of imide groups is 1. The molecule has 34 heavy (non-hydrogen) atoms. The van der Waals surface area contributed by atoms with Crippen molar-refractivity contribution in [2.24, 2.45) is 11.8 Å². The van der Waals surface area contributed by atoms with Gasteiger partial charge in [0.1, 0.15) is 6.04 Å². The zero-order valence-corrected chi connectivity index (χ0v) is 18.3. The molecule has 7 heteroatoms. The number of rotatable bonds is 4. The number of amides is 2. The molecule has 0 radical (unpaired) electrons. The summed E-state index contributed by atoms with van der Waals surface area (Å²) in [4.78, 5) is 55.8. The van der Waals surface area contributed by atoms with Crippen molar-refractivity contribution in [3.05, 3.63) is 95.6 Å². The first-order valence-electron chi connectivity index (χ1n) is 11.1. The minimum Gasteiger partial charge on any atom is -0.461 e. The Hall–Kier alpha value is -4.26. The van der Waals surface area contributed by atoms with Crippen LogP contribution < -0.4 is 4.90 Å². The number of Topliss-reactive ketones (excluding diaryl/α,β-unsaturated/α-hetero) is 2. The van der Waals surface area contributed by atoms with Crippen LogP contribution in [0.25, 0.3) is 6.08 Å². The van der Waals surface area contributed by atoms with Gasteiger partial charge in [0.05, 0.1) is 29.8 Å². The molecule has 2 aromatic carbocycles. The molecule has 0 saturated carbocycles. The number of fused-ring (bicyclic) bond motifs is 5. The summed E-state index contributed by atoms with van der Waals surface area (Å²) in [5, 5.41) is 0. The molecular formula is C27H20N2O5. The van der Waals surface area contributed by atoms with Gasteiger partial charge in [0.2, 0.25) is 17.6 Å². The van der Waals surface area contributed by atoms with Gasteiger partial charge in [-0.25, -0.2) is 4.90 Å². The van der Waals surface area contributed by atoms with Crippen molar-refractivity contribution in [1.29, 1.82) is 0 Å². The van der Waals surface area contributed by atoms with E-state index in [1.807, 2.05) is 41.4 Å². The molecule has 3 aliphatic rings. The van der Waals surface area contributed by atoms with Gasteiger partial charge in [-0.05, 0) is 60.5 Å². The number of carbonyl (C=O) groups is 4. The van der Waals surface area contributed by atoms with E-state index >= 15 is 0 Å². The number of furan rings is 1. The van der Waals surface area contributed by atoms with Crippen LogP contribution >= 0.6 is 0 Å². The lowest BCUT2D eigenvalue weighted by Gasteiger charge is -2.35. The molecule has 2 fully saturated rings. The van der Waals surface area contributed by atoms with Gasteiger partial charge in [-0.2, -0.15) is 0 Å². The highest BCUT2D eigenvalue weighted by atomic mass is 16.3. The zero-order valence-electron chi connectivity index (χ0n) is 18.3. The number of hydrogen-bond donors (Lipinski definition) is 0. The highest BCUT2D eigenvalue weighted by Gasteiger charge is 2.64. The first-order chi connectivity index (χ1) is 16.5. The summed E-state index contributed by atoms with van der Waals surface area (Å²) in [5.41, 5.74) is 2.75. The van der Waals surface area contributed by atoms with Crippen molar-refractivity contribution in [3.63, 3.8) is 0 Å². The Morgan fingerprint density at radius 2 is 1.62 bits per heavy atom. The first kappa shape index (κ1) is 20.4. The minimum absolute atomic E-state index is 0.104. The van der Waals surface area contributed by atoms with E-state index in [1.54, 1.807) is 36.4 Å². The Morgan fingerprint density at radius 3 is 2.32 bits per heavy atom. The maximum atomic E-state index is 13.8. The fraction of sp³-hybridized carbons (Fsp3) is 0.185. The van der Waals surface area contributed by atoms with Crippen LogP contribution in [0, 0.1) is 11.8 Å². The van der Waals surface area contributed by atoms with E-state index in [1.165, 1.54) is 18.1 Å². The molecule has 168 valence electrons. The Kier molecular flexibility index (Phi) is 4.42. The standard InChI is InChI=1S/C27H20N2O5/c1-15(30)16-8-10-18(11-9-16)29-26(32)21-22(27(29)33)24(25(31)20-7-4-14-34-20)28-13-12-17-5-2-3-6-19(17)23(21)28/h2-14,21-24H,1H3/t21-,22+,23+,24-/m0/s1. The van der Waals surface area contributed by atoms with Gasteiger partial charge in [-0.15, -0.1) is 0 Å². The van der Waals surface area contributed by atoms with Gasteiger partial charge >= 0.3 is 0 Å². The van der Waals surface area contributed by atoms with Gasteiger partial charge in [-0.3, -0.25) is 19.2 Å². The largest absolute Gasteiger partial charge is 0.461 e. The van der Waals surface area contributed by atoms with Gasteiger partial charge in [0, 0.05) is 11.8 Å². The molecule has 0 aliphatic carbocycles. The van der Waals surface area contributed by atoms with Crippen LogP contribution in [0.4, 0.5) is 5.69 Å². The SMILES string of the molecule is CC(=O)c1ccc(N2C(=O)[C@@H]3[C@H](C2=O)[C@H]2c4ccccc4C=CN2[C@@H]3C(=O)c2ccco2)cc1. The number of benzene rings is 2. The summed E-state index contributed by atoms with van der Waals surface area (Å²) in [6.45, 7) is 1.46. The molecule has 2 amide bonds. The highest BCUT2D eigenvalue weighted by molar-refractivity contribution is 6.24. The molecule has 0 bridgehead atoms. The lowest BCUT2D eigenvalue weighted by molar-refractivity contribution is -0.123. The summed E-state index contributed by atoms with van der Waals surface area (Å²) in [7, 11) is 0. The van der Waals surface area contributed by atoms with Crippen molar-refractivity contribution >= 4 is 35.1 Å². The van der Waals surface area contributed by atoms with Crippen molar-refractivity contribution in [3.8, 4) is 0 Å². The van der Waals surface area contributed by atoms with Crippen LogP contribution in [0.1, 0.15) is 45.0 Å². The number of anilines is 1. The second kappa shape index (κ2) is 7.38.